The summed E-state index contributed by atoms with van der Waals surface area (Å²) in [6.07, 6.45) is 0.629. The number of carboxylic acids is 1. The number of aliphatic carboxylic acids is 1. The maximum atomic E-state index is 10.8. The summed E-state index contributed by atoms with van der Waals surface area (Å²) in [5.74, 6) is 0.0244. The lowest BCUT2D eigenvalue weighted by atomic mass is 10.2. The summed E-state index contributed by atoms with van der Waals surface area (Å²) in [5, 5.41) is 11.7. The Bertz CT molecular complexity index is 393. The van der Waals surface area contributed by atoms with Crippen LogP contribution in [-0.2, 0) is 4.79 Å². The number of rotatable bonds is 6. The van der Waals surface area contributed by atoms with E-state index in [0.717, 1.165) is 5.75 Å². The molecule has 1 aromatic carbocycles. The quantitative estimate of drug-likeness (QED) is 0.765. The van der Waals surface area contributed by atoms with Crippen LogP contribution in [0.5, 0.6) is 0 Å². The number of carboxylic acid groups (broad SMARTS) is 1. The Hall–Kier alpha value is -1.00. The van der Waals surface area contributed by atoms with Crippen molar-refractivity contribution in [1.29, 1.82) is 0 Å². The third-order valence-corrected chi connectivity index (χ3v) is 3.84. The van der Waals surface area contributed by atoms with Crippen LogP contribution in [-0.4, -0.2) is 29.9 Å². The van der Waals surface area contributed by atoms with Gasteiger partial charge >= 0.3 is 5.97 Å². The summed E-state index contributed by atoms with van der Waals surface area (Å²) in [6.45, 7) is 4.14. The molecule has 0 heterocycles. The molecule has 1 unspecified atom stereocenters. The molecule has 0 aromatic heterocycles. The molecule has 0 amide bonds. The number of likely N-dealkylation sites (N-methyl/N-ethyl adjacent to an activating group) is 1. The summed E-state index contributed by atoms with van der Waals surface area (Å²) in [7, 11) is 1.68. The second-order valence-corrected chi connectivity index (χ2v) is 5.22. The van der Waals surface area contributed by atoms with Crippen LogP contribution < -0.4 is 5.32 Å². The normalized spacial score (nSPS) is 12.4. The molecule has 1 rings (SSSR count). The third-order valence-electron chi connectivity index (χ3n) is 2.65. The molecular formula is C13H19NO2S. The Balaban J connectivity index is 2.50. The van der Waals surface area contributed by atoms with Crippen LogP contribution in [0.4, 0.5) is 0 Å². The zero-order valence-corrected chi connectivity index (χ0v) is 11.3. The largest absolute Gasteiger partial charge is 0.480 e. The van der Waals surface area contributed by atoms with Gasteiger partial charge in [0.15, 0.2) is 0 Å². The lowest BCUT2D eigenvalue weighted by Crippen LogP contribution is -2.34. The van der Waals surface area contributed by atoms with Gasteiger partial charge in [-0.3, -0.25) is 4.79 Å². The van der Waals surface area contributed by atoms with Gasteiger partial charge < -0.3 is 10.4 Å². The van der Waals surface area contributed by atoms with Gasteiger partial charge in [0.1, 0.15) is 6.04 Å². The van der Waals surface area contributed by atoms with Crippen molar-refractivity contribution in [2.75, 3.05) is 12.8 Å². The number of hydrogen-bond acceptors (Lipinski definition) is 3. The summed E-state index contributed by atoms with van der Waals surface area (Å²) < 4.78 is 0. The molecule has 0 radical (unpaired) electrons. The van der Waals surface area contributed by atoms with E-state index in [1.54, 1.807) is 18.8 Å². The van der Waals surface area contributed by atoms with Crippen molar-refractivity contribution >= 4 is 17.7 Å². The van der Waals surface area contributed by atoms with Crippen LogP contribution in [0.15, 0.2) is 23.1 Å². The van der Waals surface area contributed by atoms with Gasteiger partial charge in [-0.05, 0) is 38.9 Å². The zero-order chi connectivity index (χ0) is 12.8. The van der Waals surface area contributed by atoms with Gasteiger partial charge in [0, 0.05) is 10.6 Å². The molecule has 0 saturated carbocycles. The molecule has 3 nitrogen and oxygen atoms in total. The van der Waals surface area contributed by atoms with Crippen LogP contribution in [0.1, 0.15) is 17.5 Å². The lowest BCUT2D eigenvalue weighted by molar-refractivity contribution is -0.139. The van der Waals surface area contributed by atoms with E-state index < -0.39 is 12.0 Å². The van der Waals surface area contributed by atoms with E-state index in [4.69, 9.17) is 5.11 Å². The monoisotopic (exact) mass is 253 g/mol. The minimum Gasteiger partial charge on any atom is -0.480 e. The predicted molar refractivity (Wildman–Crippen MR) is 71.7 cm³/mol. The standard InChI is InChI=1S/C13H19NO2S/c1-9-4-5-10(2)12(8-9)17-7-6-11(14-3)13(15)16/h4-5,8,11,14H,6-7H2,1-3H3,(H,15,16). The molecule has 0 spiro atoms. The maximum absolute atomic E-state index is 10.8. The average Bonchev–Trinajstić information content (AvgIpc) is 2.28. The number of carbonyl (C=O) groups is 1. The molecule has 0 fully saturated rings. The highest BCUT2D eigenvalue weighted by Crippen LogP contribution is 2.24. The molecule has 1 aromatic rings. The van der Waals surface area contributed by atoms with Crippen LogP contribution >= 0.6 is 11.8 Å². The first-order valence-electron chi connectivity index (χ1n) is 5.64. The van der Waals surface area contributed by atoms with Gasteiger partial charge in [0.25, 0.3) is 0 Å². The van der Waals surface area contributed by atoms with Gasteiger partial charge in [-0.1, -0.05) is 17.7 Å². The molecule has 94 valence electrons. The van der Waals surface area contributed by atoms with Crippen molar-refractivity contribution in [2.45, 2.75) is 31.2 Å². The van der Waals surface area contributed by atoms with Crippen molar-refractivity contribution in [3.8, 4) is 0 Å². The topological polar surface area (TPSA) is 49.3 Å². The number of aryl methyl sites for hydroxylation is 2. The number of thioether (sulfide) groups is 1. The van der Waals surface area contributed by atoms with E-state index in [9.17, 15) is 4.79 Å². The highest BCUT2D eigenvalue weighted by molar-refractivity contribution is 7.99. The Labute approximate surface area is 107 Å². The SMILES string of the molecule is CNC(CCSc1cc(C)ccc1C)C(=O)O. The van der Waals surface area contributed by atoms with Crippen molar-refractivity contribution in [3.63, 3.8) is 0 Å². The first-order valence-corrected chi connectivity index (χ1v) is 6.63. The van der Waals surface area contributed by atoms with E-state index >= 15 is 0 Å². The maximum Gasteiger partial charge on any atom is 0.320 e. The van der Waals surface area contributed by atoms with Gasteiger partial charge in [-0.25, -0.2) is 0 Å². The van der Waals surface area contributed by atoms with Gasteiger partial charge in [-0.2, -0.15) is 0 Å². The van der Waals surface area contributed by atoms with E-state index in [0.29, 0.717) is 6.42 Å². The summed E-state index contributed by atoms with van der Waals surface area (Å²) in [4.78, 5) is 12.1. The lowest BCUT2D eigenvalue weighted by Gasteiger charge is -2.11. The van der Waals surface area contributed by atoms with E-state index in [2.05, 4.69) is 37.4 Å². The summed E-state index contributed by atoms with van der Waals surface area (Å²) in [6, 6.07) is 5.89. The van der Waals surface area contributed by atoms with E-state index in [1.165, 1.54) is 16.0 Å². The molecule has 4 heteroatoms. The van der Waals surface area contributed by atoms with Gasteiger partial charge in [-0.15, -0.1) is 11.8 Å². The Morgan fingerprint density at radius 3 is 2.76 bits per heavy atom. The molecular weight excluding hydrogens is 234 g/mol. The van der Waals surface area contributed by atoms with Crippen molar-refractivity contribution in [2.24, 2.45) is 0 Å². The second-order valence-electron chi connectivity index (χ2n) is 4.09. The molecule has 0 saturated heterocycles. The second kappa shape index (κ2) is 6.67. The smallest absolute Gasteiger partial charge is 0.320 e. The highest BCUT2D eigenvalue weighted by atomic mass is 32.2. The molecule has 17 heavy (non-hydrogen) atoms. The first kappa shape index (κ1) is 14.1. The van der Waals surface area contributed by atoms with Crippen LogP contribution in [0.2, 0.25) is 0 Å². The van der Waals surface area contributed by atoms with Crippen molar-refractivity contribution in [1.82, 2.24) is 5.32 Å². The molecule has 1 atom stereocenters. The summed E-state index contributed by atoms with van der Waals surface area (Å²) in [5.41, 5.74) is 2.48. The molecule has 2 N–H and O–H groups in total. The van der Waals surface area contributed by atoms with Gasteiger partial charge in [0.05, 0.1) is 0 Å². The molecule has 0 aliphatic heterocycles. The third kappa shape index (κ3) is 4.40. The minimum atomic E-state index is -0.783. The fraction of sp³-hybridized carbons (Fsp3) is 0.462. The number of nitrogens with one attached hydrogen (secondary N) is 1. The van der Waals surface area contributed by atoms with Gasteiger partial charge in [0.2, 0.25) is 0 Å². The molecule has 0 bridgehead atoms. The summed E-state index contributed by atoms with van der Waals surface area (Å²) >= 11 is 1.72. The Kier molecular flexibility index (Phi) is 5.51. The minimum absolute atomic E-state index is 0.451. The predicted octanol–water partition coefficient (Wildman–Crippen LogP) is 2.46. The van der Waals surface area contributed by atoms with E-state index in [1.807, 2.05) is 0 Å². The molecule has 0 aliphatic rings. The Morgan fingerprint density at radius 1 is 1.47 bits per heavy atom. The molecule has 0 aliphatic carbocycles. The van der Waals surface area contributed by atoms with Crippen LogP contribution in [0, 0.1) is 13.8 Å². The van der Waals surface area contributed by atoms with E-state index in [-0.39, 0.29) is 0 Å². The van der Waals surface area contributed by atoms with Crippen LogP contribution in [0.3, 0.4) is 0 Å². The number of benzene rings is 1. The Morgan fingerprint density at radius 2 is 2.18 bits per heavy atom. The number of hydrogen-bond donors (Lipinski definition) is 2. The zero-order valence-electron chi connectivity index (χ0n) is 10.5. The van der Waals surface area contributed by atoms with Crippen molar-refractivity contribution in [3.05, 3.63) is 29.3 Å². The van der Waals surface area contributed by atoms with Crippen LogP contribution in [0.25, 0.3) is 0 Å². The average molecular weight is 253 g/mol. The van der Waals surface area contributed by atoms with Crippen molar-refractivity contribution < 1.29 is 9.90 Å². The fourth-order valence-corrected chi connectivity index (χ4v) is 2.68. The highest BCUT2D eigenvalue weighted by Gasteiger charge is 2.14. The fourth-order valence-electron chi connectivity index (χ4n) is 1.54. The first-order chi connectivity index (χ1) is 8.04.